The van der Waals surface area contributed by atoms with Gasteiger partial charge in [-0.3, -0.25) is 0 Å². The lowest BCUT2D eigenvalue weighted by atomic mass is 9.91. The third-order valence-corrected chi connectivity index (χ3v) is 8.48. The maximum atomic E-state index is 13.0. The second kappa shape index (κ2) is 9.45. The van der Waals surface area contributed by atoms with Crippen LogP contribution >= 0.6 is 0 Å². The van der Waals surface area contributed by atoms with Gasteiger partial charge in [-0.05, 0) is 84.9 Å². The summed E-state index contributed by atoms with van der Waals surface area (Å²) >= 11 is 0. The van der Waals surface area contributed by atoms with Crippen molar-refractivity contribution in [3.8, 4) is 33.4 Å². The summed E-state index contributed by atoms with van der Waals surface area (Å²) in [5.41, 5.74) is 3.93. The molecule has 192 valence electrons. The van der Waals surface area contributed by atoms with Crippen molar-refractivity contribution in [1.29, 1.82) is 0 Å². The Bertz CT molecular complexity index is 2100. The van der Waals surface area contributed by atoms with Crippen LogP contribution in [0.4, 0.5) is 0 Å². The molecule has 40 heavy (non-hydrogen) atoms. The highest BCUT2D eigenvalue weighted by atomic mass is 32.2. The fourth-order valence-corrected chi connectivity index (χ4v) is 6.47. The Balaban J connectivity index is 1.56. The molecule has 0 aliphatic rings. The Morgan fingerprint density at radius 3 is 1.12 bits per heavy atom. The van der Waals surface area contributed by atoms with E-state index >= 15 is 0 Å². The zero-order chi connectivity index (χ0) is 27.3. The Morgan fingerprint density at radius 1 is 0.375 bits per heavy atom. The summed E-state index contributed by atoms with van der Waals surface area (Å²) in [4.78, 5) is -0.206. The van der Waals surface area contributed by atoms with Gasteiger partial charge in [0.1, 0.15) is 10.1 Å². The monoisotopic (exact) mass is 535 g/mol. The fraction of sp³-hybridized carbons (Fsp3) is 0. The molecule has 0 radical (unpaired) electrons. The van der Waals surface area contributed by atoms with Crippen molar-refractivity contribution in [3.63, 3.8) is 0 Å². The quantitative estimate of drug-likeness (QED) is 0.211. The lowest BCUT2D eigenvalue weighted by molar-refractivity contribution is 0.463. The molecule has 0 amide bonds. The van der Waals surface area contributed by atoms with E-state index < -0.39 is 10.1 Å². The van der Waals surface area contributed by atoms with Gasteiger partial charge in [0, 0.05) is 11.1 Å². The van der Waals surface area contributed by atoms with Crippen LogP contribution in [0, 0.1) is 0 Å². The van der Waals surface area contributed by atoms with E-state index in [9.17, 15) is 13.0 Å². The van der Waals surface area contributed by atoms with Crippen LogP contribution in [-0.2, 0) is 10.1 Å². The fourth-order valence-electron chi connectivity index (χ4n) is 5.58. The summed E-state index contributed by atoms with van der Waals surface area (Å²) in [6.07, 6.45) is 0. The minimum Gasteiger partial charge on any atom is -0.744 e. The molecular formula is C36H23O3S-. The molecule has 0 unspecified atom stereocenters. The molecule has 0 heterocycles. The average molecular weight is 536 g/mol. The van der Waals surface area contributed by atoms with Gasteiger partial charge in [-0.2, -0.15) is 0 Å². The third-order valence-electron chi connectivity index (χ3n) is 7.54. The number of hydrogen-bond acceptors (Lipinski definition) is 3. The lowest BCUT2D eigenvalue weighted by Crippen LogP contribution is -2.05. The summed E-state index contributed by atoms with van der Waals surface area (Å²) in [6, 6.07) is 45.4. The zero-order valence-electron chi connectivity index (χ0n) is 21.4. The first-order valence-electron chi connectivity index (χ1n) is 13.1. The van der Waals surface area contributed by atoms with Crippen LogP contribution in [0.15, 0.2) is 144 Å². The summed E-state index contributed by atoms with van der Waals surface area (Å²) in [7, 11) is -4.85. The predicted octanol–water partition coefficient (Wildman–Crippen LogP) is 9.05. The number of rotatable bonds is 4. The molecule has 3 nitrogen and oxygen atoms in total. The number of hydrogen-bond donors (Lipinski definition) is 0. The van der Waals surface area contributed by atoms with Gasteiger partial charge >= 0.3 is 0 Å². The van der Waals surface area contributed by atoms with E-state index in [2.05, 4.69) is 24.3 Å². The maximum absolute atomic E-state index is 13.0. The van der Waals surface area contributed by atoms with Gasteiger partial charge in [0.2, 0.25) is 0 Å². The Morgan fingerprint density at radius 2 is 0.725 bits per heavy atom. The molecule has 0 bridgehead atoms. The summed E-state index contributed by atoms with van der Waals surface area (Å²) in [5.74, 6) is 0. The molecule has 0 spiro atoms. The van der Waals surface area contributed by atoms with Crippen molar-refractivity contribution in [1.82, 2.24) is 0 Å². The Kier molecular flexibility index (Phi) is 5.74. The van der Waals surface area contributed by atoms with E-state index in [4.69, 9.17) is 0 Å². The minimum atomic E-state index is -4.85. The van der Waals surface area contributed by atoms with Crippen LogP contribution in [-0.4, -0.2) is 13.0 Å². The van der Waals surface area contributed by atoms with E-state index in [1.54, 1.807) is 0 Å². The molecule has 0 fully saturated rings. The van der Waals surface area contributed by atoms with Gasteiger partial charge in [0.15, 0.2) is 0 Å². The summed E-state index contributed by atoms with van der Waals surface area (Å²) < 4.78 is 39.0. The van der Waals surface area contributed by atoms with E-state index in [0.717, 1.165) is 43.4 Å². The van der Waals surface area contributed by atoms with Crippen molar-refractivity contribution in [2.24, 2.45) is 0 Å². The average Bonchev–Trinajstić information content (AvgIpc) is 2.99. The topological polar surface area (TPSA) is 57.2 Å². The van der Waals surface area contributed by atoms with E-state index in [1.165, 1.54) is 0 Å². The number of fused-ring (bicyclic) bond motifs is 3. The third kappa shape index (κ3) is 4.34. The van der Waals surface area contributed by atoms with E-state index in [0.29, 0.717) is 22.3 Å². The maximum Gasteiger partial charge on any atom is 0.125 e. The van der Waals surface area contributed by atoms with Crippen molar-refractivity contribution in [3.05, 3.63) is 140 Å². The van der Waals surface area contributed by atoms with Crippen molar-refractivity contribution < 1.29 is 13.0 Å². The van der Waals surface area contributed by atoms with Crippen LogP contribution in [0.5, 0.6) is 0 Å². The number of benzene rings is 7. The minimum absolute atomic E-state index is 0.206. The smallest absolute Gasteiger partial charge is 0.125 e. The molecule has 0 atom stereocenters. The summed E-state index contributed by atoms with van der Waals surface area (Å²) in [6.45, 7) is 0. The highest BCUT2D eigenvalue weighted by molar-refractivity contribution is 7.86. The second-order valence-electron chi connectivity index (χ2n) is 10.0. The largest absolute Gasteiger partial charge is 0.744 e. The molecule has 0 aliphatic heterocycles. The molecule has 0 saturated carbocycles. The van der Waals surface area contributed by atoms with Crippen molar-refractivity contribution in [2.45, 2.75) is 4.90 Å². The SMILES string of the molecule is O=S(=O)([O-])c1c(-c2ccc3ccccc3c2)cc(-c2ccc3ccccc3c2)cc1-c1ccc2ccccc2c1. The van der Waals surface area contributed by atoms with Gasteiger partial charge in [-0.1, -0.05) is 109 Å². The molecule has 0 N–H and O–H groups in total. The summed E-state index contributed by atoms with van der Waals surface area (Å²) in [5, 5.41) is 6.22. The first-order chi connectivity index (χ1) is 19.4. The first-order valence-corrected chi connectivity index (χ1v) is 14.5. The van der Waals surface area contributed by atoms with Crippen molar-refractivity contribution >= 4 is 42.4 Å². The molecule has 0 aromatic heterocycles. The van der Waals surface area contributed by atoms with Crippen LogP contribution in [0.1, 0.15) is 0 Å². The van der Waals surface area contributed by atoms with Crippen LogP contribution in [0.3, 0.4) is 0 Å². The molecule has 7 aromatic carbocycles. The normalized spacial score (nSPS) is 11.8. The van der Waals surface area contributed by atoms with Gasteiger partial charge in [-0.25, -0.2) is 8.42 Å². The van der Waals surface area contributed by atoms with E-state index in [-0.39, 0.29) is 4.90 Å². The standard InChI is InChI=1S/C36H24O3S/c37-40(38,39)36-34(31-17-14-25-8-2-5-11-28(25)20-31)22-33(30-16-13-24-7-1-4-10-27(24)19-30)23-35(36)32-18-15-26-9-3-6-12-29(26)21-32/h1-23H,(H,37,38,39)/p-1. The molecule has 4 heteroatoms. The van der Waals surface area contributed by atoms with Crippen LogP contribution < -0.4 is 0 Å². The highest BCUT2D eigenvalue weighted by Gasteiger charge is 2.20. The molecular weight excluding hydrogens is 512 g/mol. The Labute approximate surface area is 232 Å². The van der Waals surface area contributed by atoms with Crippen LogP contribution in [0.25, 0.3) is 65.7 Å². The van der Waals surface area contributed by atoms with Gasteiger partial charge in [0.05, 0.1) is 4.90 Å². The van der Waals surface area contributed by atoms with Gasteiger partial charge in [-0.15, -0.1) is 0 Å². The van der Waals surface area contributed by atoms with Crippen LogP contribution in [0.2, 0.25) is 0 Å². The second-order valence-corrected chi connectivity index (χ2v) is 11.4. The molecule has 7 aromatic rings. The Hall–Kier alpha value is -4.77. The molecule has 0 saturated heterocycles. The highest BCUT2D eigenvalue weighted by Crippen LogP contribution is 2.41. The van der Waals surface area contributed by atoms with Gasteiger partial charge in [0.25, 0.3) is 0 Å². The lowest BCUT2D eigenvalue weighted by Gasteiger charge is -2.21. The first kappa shape index (κ1) is 24.3. The zero-order valence-corrected chi connectivity index (χ0v) is 22.2. The predicted molar refractivity (Wildman–Crippen MR) is 163 cm³/mol. The molecule has 7 rings (SSSR count). The molecule has 0 aliphatic carbocycles. The van der Waals surface area contributed by atoms with E-state index in [1.807, 2.05) is 115 Å². The van der Waals surface area contributed by atoms with Crippen molar-refractivity contribution in [2.75, 3.05) is 0 Å². The van der Waals surface area contributed by atoms with Gasteiger partial charge < -0.3 is 4.55 Å².